The van der Waals surface area contributed by atoms with Gasteiger partial charge in [-0.1, -0.05) is 19.1 Å². The molecule has 5 nitrogen and oxygen atoms in total. The van der Waals surface area contributed by atoms with Crippen LogP contribution in [-0.2, 0) is 11.3 Å². The SMILES string of the molecule is C[C@H]1CCCN(CCC(=O)N(C)Cc2ccc(-n3cccn3)cc2)C1. The number of hydrogen-bond donors (Lipinski definition) is 0. The Kier molecular flexibility index (Phi) is 5.87. The maximum atomic E-state index is 12.4. The molecule has 0 aliphatic carbocycles. The second kappa shape index (κ2) is 8.30. The predicted octanol–water partition coefficient (Wildman–Crippen LogP) is 2.95. The molecule has 134 valence electrons. The normalized spacial score (nSPS) is 18.2. The molecule has 2 aromatic rings. The van der Waals surface area contributed by atoms with Crippen LogP contribution in [0.3, 0.4) is 0 Å². The third-order valence-electron chi connectivity index (χ3n) is 4.93. The number of benzene rings is 1. The lowest BCUT2D eigenvalue weighted by Gasteiger charge is -2.31. The molecule has 1 saturated heterocycles. The van der Waals surface area contributed by atoms with Crippen molar-refractivity contribution in [3.8, 4) is 5.69 Å². The van der Waals surface area contributed by atoms with Crippen molar-refractivity contribution >= 4 is 5.91 Å². The van der Waals surface area contributed by atoms with E-state index in [0.717, 1.165) is 36.8 Å². The lowest BCUT2D eigenvalue weighted by atomic mass is 10.0. The summed E-state index contributed by atoms with van der Waals surface area (Å²) in [6.07, 6.45) is 6.87. The standard InChI is InChI=1S/C20H28N4O/c1-17-5-3-12-23(15-17)14-10-20(25)22(2)16-18-6-8-19(9-7-18)24-13-4-11-21-24/h4,6-9,11,13,17H,3,5,10,12,14-16H2,1-2H3/t17-/m0/s1. The second-order valence-corrected chi connectivity index (χ2v) is 7.16. The molecule has 25 heavy (non-hydrogen) atoms. The van der Waals surface area contributed by atoms with Crippen molar-refractivity contribution < 1.29 is 4.79 Å². The maximum Gasteiger partial charge on any atom is 0.223 e. The van der Waals surface area contributed by atoms with Gasteiger partial charge in [0, 0.05) is 45.5 Å². The molecule has 0 radical (unpaired) electrons. The minimum atomic E-state index is 0.217. The van der Waals surface area contributed by atoms with Gasteiger partial charge in [-0.2, -0.15) is 5.10 Å². The first-order valence-electron chi connectivity index (χ1n) is 9.17. The van der Waals surface area contributed by atoms with Gasteiger partial charge in [-0.05, 0) is 49.1 Å². The lowest BCUT2D eigenvalue weighted by Crippen LogP contribution is -2.37. The molecule has 5 heteroatoms. The van der Waals surface area contributed by atoms with Crippen LogP contribution in [0.1, 0.15) is 31.7 Å². The average Bonchev–Trinajstić information content (AvgIpc) is 3.15. The van der Waals surface area contributed by atoms with Crippen molar-refractivity contribution in [2.45, 2.75) is 32.7 Å². The summed E-state index contributed by atoms with van der Waals surface area (Å²) in [6, 6.07) is 10.1. The van der Waals surface area contributed by atoms with Crippen LogP contribution in [0.4, 0.5) is 0 Å². The molecule has 0 saturated carbocycles. The van der Waals surface area contributed by atoms with Gasteiger partial charge in [0.1, 0.15) is 0 Å². The highest BCUT2D eigenvalue weighted by molar-refractivity contribution is 5.76. The summed E-state index contributed by atoms with van der Waals surface area (Å²) in [7, 11) is 1.89. The Balaban J connectivity index is 1.47. The molecule has 1 amide bonds. The summed E-state index contributed by atoms with van der Waals surface area (Å²) in [6.45, 7) is 6.09. The van der Waals surface area contributed by atoms with Gasteiger partial charge in [0.15, 0.2) is 0 Å². The van der Waals surface area contributed by atoms with Crippen LogP contribution in [0.15, 0.2) is 42.7 Å². The van der Waals surface area contributed by atoms with E-state index in [2.05, 4.69) is 29.1 Å². The highest BCUT2D eigenvalue weighted by Gasteiger charge is 2.18. The fourth-order valence-corrected chi connectivity index (χ4v) is 3.47. The third-order valence-corrected chi connectivity index (χ3v) is 4.93. The molecule has 1 atom stereocenters. The monoisotopic (exact) mass is 340 g/mol. The average molecular weight is 340 g/mol. The first kappa shape index (κ1) is 17.7. The molecular formula is C20H28N4O. The van der Waals surface area contributed by atoms with Gasteiger partial charge in [-0.15, -0.1) is 0 Å². The second-order valence-electron chi connectivity index (χ2n) is 7.16. The smallest absolute Gasteiger partial charge is 0.223 e. The molecule has 1 aromatic heterocycles. The van der Waals surface area contributed by atoms with Crippen molar-refractivity contribution in [3.63, 3.8) is 0 Å². The Hall–Kier alpha value is -2.14. The summed E-state index contributed by atoms with van der Waals surface area (Å²) < 4.78 is 1.83. The van der Waals surface area contributed by atoms with Gasteiger partial charge in [0.2, 0.25) is 5.91 Å². The molecule has 0 bridgehead atoms. The van der Waals surface area contributed by atoms with Gasteiger partial charge in [-0.25, -0.2) is 4.68 Å². The zero-order valence-corrected chi connectivity index (χ0v) is 15.3. The van der Waals surface area contributed by atoms with E-state index >= 15 is 0 Å². The summed E-state index contributed by atoms with van der Waals surface area (Å²) in [5, 5.41) is 4.23. The molecule has 0 spiro atoms. The molecule has 1 aromatic carbocycles. The van der Waals surface area contributed by atoms with E-state index in [1.54, 1.807) is 6.20 Å². The fourth-order valence-electron chi connectivity index (χ4n) is 3.47. The van der Waals surface area contributed by atoms with E-state index in [1.165, 1.54) is 12.8 Å². The minimum absolute atomic E-state index is 0.217. The summed E-state index contributed by atoms with van der Waals surface area (Å²) in [4.78, 5) is 16.7. The summed E-state index contributed by atoms with van der Waals surface area (Å²) in [5.41, 5.74) is 2.17. The van der Waals surface area contributed by atoms with Crippen LogP contribution in [0.2, 0.25) is 0 Å². The van der Waals surface area contributed by atoms with Gasteiger partial charge in [-0.3, -0.25) is 4.79 Å². The number of aromatic nitrogens is 2. The first-order valence-corrected chi connectivity index (χ1v) is 9.17. The van der Waals surface area contributed by atoms with Crippen LogP contribution in [-0.4, -0.2) is 52.2 Å². The van der Waals surface area contributed by atoms with E-state index in [9.17, 15) is 4.79 Å². The van der Waals surface area contributed by atoms with Crippen molar-refractivity contribution in [1.29, 1.82) is 0 Å². The molecule has 1 aliphatic rings. The zero-order chi connectivity index (χ0) is 17.6. The summed E-state index contributed by atoms with van der Waals surface area (Å²) in [5.74, 6) is 0.976. The Morgan fingerprint density at radius 2 is 2.12 bits per heavy atom. The molecule has 1 fully saturated rings. The van der Waals surface area contributed by atoms with Crippen molar-refractivity contribution in [2.24, 2.45) is 5.92 Å². The largest absolute Gasteiger partial charge is 0.341 e. The topological polar surface area (TPSA) is 41.4 Å². The van der Waals surface area contributed by atoms with Crippen molar-refractivity contribution in [2.75, 3.05) is 26.7 Å². The lowest BCUT2D eigenvalue weighted by molar-refractivity contribution is -0.130. The van der Waals surface area contributed by atoms with E-state index in [0.29, 0.717) is 13.0 Å². The Bertz CT molecular complexity index is 666. The van der Waals surface area contributed by atoms with Crippen LogP contribution in [0.25, 0.3) is 5.69 Å². The van der Waals surface area contributed by atoms with E-state index in [-0.39, 0.29) is 5.91 Å². The van der Waals surface area contributed by atoms with E-state index in [4.69, 9.17) is 0 Å². The number of piperidine rings is 1. The van der Waals surface area contributed by atoms with Crippen LogP contribution < -0.4 is 0 Å². The van der Waals surface area contributed by atoms with Crippen molar-refractivity contribution in [1.82, 2.24) is 19.6 Å². The molecule has 3 rings (SSSR count). The Morgan fingerprint density at radius 1 is 1.32 bits per heavy atom. The van der Waals surface area contributed by atoms with Gasteiger partial charge < -0.3 is 9.80 Å². The highest BCUT2D eigenvalue weighted by Crippen LogP contribution is 2.16. The molecule has 1 aliphatic heterocycles. The molecular weight excluding hydrogens is 312 g/mol. The fraction of sp³-hybridized carbons (Fsp3) is 0.500. The van der Waals surface area contributed by atoms with Gasteiger partial charge in [0.25, 0.3) is 0 Å². The number of carbonyl (C=O) groups is 1. The molecule has 0 N–H and O–H groups in total. The number of rotatable bonds is 6. The van der Waals surface area contributed by atoms with Crippen LogP contribution >= 0.6 is 0 Å². The van der Waals surface area contributed by atoms with E-state index in [1.807, 2.05) is 41.0 Å². The van der Waals surface area contributed by atoms with Crippen LogP contribution in [0.5, 0.6) is 0 Å². The van der Waals surface area contributed by atoms with Gasteiger partial charge >= 0.3 is 0 Å². The number of amides is 1. The van der Waals surface area contributed by atoms with Crippen LogP contribution in [0, 0.1) is 5.92 Å². The predicted molar refractivity (Wildman–Crippen MR) is 99.5 cm³/mol. The van der Waals surface area contributed by atoms with Gasteiger partial charge in [0.05, 0.1) is 5.69 Å². The number of nitrogens with zero attached hydrogens (tertiary/aromatic N) is 4. The molecule has 0 unspecified atom stereocenters. The Labute approximate surface area is 150 Å². The number of likely N-dealkylation sites (tertiary alicyclic amines) is 1. The molecule has 2 heterocycles. The third kappa shape index (κ3) is 4.92. The zero-order valence-electron chi connectivity index (χ0n) is 15.3. The number of carbonyl (C=O) groups excluding carboxylic acids is 1. The maximum absolute atomic E-state index is 12.4. The van der Waals surface area contributed by atoms with E-state index < -0.39 is 0 Å². The highest BCUT2D eigenvalue weighted by atomic mass is 16.2. The Morgan fingerprint density at radius 3 is 2.80 bits per heavy atom. The van der Waals surface area contributed by atoms with Crippen molar-refractivity contribution in [3.05, 3.63) is 48.3 Å². The number of hydrogen-bond acceptors (Lipinski definition) is 3. The first-order chi connectivity index (χ1) is 12.1. The summed E-state index contributed by atoms with van der Waals surface area (Å²) >= 11 is 0. The minimum Gasteiger partial charge on any atom is -0.341 e. The quantitative estimate of drug-likeness (QED) is 0.812.